The van der Waals surface area contributed by atoms with Crippen molar-refractivity contribution in [3.05, 3.63) is 53.1 Å². The van der Waals surface area contributed by atoms with E-state index in [1.807, 2.05) is 12.1 Å². The van der Waals surface area contributed by atoms with Gasteiger partial charge in [0.05, 0.1) is 22.7 Å². The van der Waals surface area contributed by atoms with Crippen LogP contribution < -0.4 is 5.32 Å². The molecule has 3 heterocycles. The van der Waals surface area contributed by atoms with Gasteiger partial charge in [-0.05, 0) is 54.7 Å². The van der Waals surface area contributed by atoms with Gasteiger partial charge >= 0.3 is 0 Å². The smallest absolute Gasteiger partial charge is 0.152 e. The Morgan fingerprint density at radius 1 is 1.09 bits per heavy atom. The molecule has 0 aliphatic carbocycles. The Morgan fingerprint density at radius 3 is 2.67 bits per heavy atom. The van der Waals surface area contributed by atoms with Crippen LogP contribution in [0.15, 0.2) is 42.5 Å². The number of anilines is 1. The van der Waals surface area contributed by atoms with E-state index < -0.39 is 9.84 Å². The van der Waals surface area contributed by atoms with Crippen LogP contribution in [-0.2, 0) is 21.0 Å². The lowest BCUT2D eigenvalue weighted by molar-refractivity contribution is 0.0905. The van der Waals surface area contributed by atoms with E-state index in [-0.39, 0.29) is 11.5 Å². The van der Waals surface area contributed by atoms with Gasteiger partial charge in [-0.25, -0.2) is 8.42 Å². The number of hydrogen-bond donors (Lipinski definition) is 2. The first-order chi connectivity index (χ1) is 15.9. The van der Waals surface area contributed by atoms with E-state index in [4.69, 9.17) is 16.3 Å². The predicted molar refractivity (Wildman–Crippen MR) is 135 cm³/mol. The molecule has 0 amide bonds. The number of rotatable bonds is 6. The third-order valence-corrected chi connectivity index (χ3v) is 8.49. The Kier molecular flexibility index (Phi) is 6.65. The van der Waals surface area contributed by atoms with Crippen molar-refractivity contribution in [3.63, 3.8) is 0 Å². The van der Waals surface area contributed by atoms with Gasteiger partial charge in [0, 0.05) is 55.0 Å². The van der Waals surface area contributed by atoms with E-state index in [9.17, 15) is 8.42 Å². The van der Waals surface area contributed by atoms with Crippen molar-refractivity contribution < 1.29 is 13.2 Å². The van der Waals surface area contributed by atoms with Crippen LogP contribution in [-0.4, -0.2) is 68.7 Å². The van der Waals surface area contributed by atoms with Crippen LogP contribution >= 0.6 is 11.6 Å². The minimum absolute atomic E-state index is 0.273. The maximum absolute atomic E-state index is 11.7. The third-order valence-electron chi connectivity index (χ3n) is 6.67. The first-order valence-electron chi connectivity index (χ1n) is 11.6. The molecular formula is C25H30ClN3O3S. The maximum Gasteiger partial charge on any atom is 0.152 e. The lowest BCUT2D eigenvalue weighted by Crippen LogP contribution is -2.41. The molecule has 5 rings (SSSR count). The van der Waals surface area contributed by atoms with Gasteiger partial charge in [0.1, 0.15) is 0 Å². The number of nitrogens with zero attached hydrogens (tertiary/aromatic N) is 1. The first kappa shape index (κ1) is 22.7. The Hall–Kier alpha value is -2.06. The monoisotopic (exact) mass is 487 g/mol. The summed E-state index contributed by atoms with van der Waals surface area (Å²) in [6, 6.07) is 15.1. The molecule has 0 radical (unpaired) electrons. The summed E-state index contributed by atoms with van der Waals surface area (Å²) in [6.45, 7) is 3.72. The Balaban J connectivity index is 1.33. The zero-order chi connectivity index (χ0) is 22.8. The van der Waals surface area contributed by atoms with Crippen LogP contribution in [0.4, 0.5) is 5.69 Å². The standard InChI is InChI=1S/C25H30ClN3O3S/c26-21-15-20-16-23(28-25(20)24(17-21)27-22-5-10-32-11-6-22)19-3-1-2-18(14-19)4-7-29-8-12-33(30,31)13-9-29/h1-3,14-17,22,27-28H,4-13H2. The van der Waals surface area contributed by atoms with Crippen molar-refractivity contribution in [2.75, 3.05) is 49.7 Å². The van der Waals surface area contributed by atoms with Gasteiger partial charge in [-0.3, -0.25) is 0 Å². The normalized spacial score (nSPS) is 19.7. The van der Waals surface area contributed by atoms with E-state index in [2.05, 4.69) is 45.5 Å². The minimum atomic E-state index is -2.84. The van der Waals surface area contributed by atoms with Crippen molar-refractivity contribution in [1.82, 2.24) is 9.88 Å². The Morgan fingerprint density at radius 2 is 1.88 bits per heavy atom. The summed E-state index contributed by atoms with van der Waals surface area (Å²) in [5.74, 6) is 0.545. The number of hydrogen-bond acceptors (Lipinski definition) is 5. The second-order valence-electron chi connectivity index (χ2n) is 9.08. The number of ether oxygens (including phenoxy) is 1. The number of sulfone groups is 1. The molecule has 0 saturated carbocycles. The van der Waals surface area contributed by atoms with Crippen LogP contribution in [0.5, 0.6) is 0 Å². The molecule has 0 spiro atoms. The molecule has 1 aromatic heterocycles. The summed E-state index contributed by atoms with van der Waals surface area (Å²) >= 11 is 6.43. The highest BCUT2D eigenvalue weighted by Gasteiger charge is 2.21. The highest BCUT2D eigenvalue weighted by atomic mass is 35.5. The van der Waals surface area contributed by atoms with Crippen LogP contribution in [0, 0.1) is 0 Å². The van der Waals surface area contributed by atoms with E-state index in [0.29, 0.717) is 19.1 Å². The summed E-state index contributed by atoms with van der Waals surface area (Å²) in [4.78, 5) is 5.85. The SMILES string of the molecule is O=S1(=O)CCN(CCc2cccc(-c3cc4cc(Cl)cc(NC5CCOCC5)c4[nH]3)c2)CC1. The number of aromatic amines is 1. The molecular weight excluding hydrogens is 458 g/mol. The summed E-state index contributed by atoms with van der Waals surface area (Å²) in [7, 11) is -2.84. The molecule has 2 fully saturated rings. The molecule has 6 nitrogen and oxygen atoms in total. The summed E-state index contributed by atoms with van der Waals surface area (Å²) in [5.41, 5.74) is 5.55. The number of nitrogens with one attached hydrogen (secondary N) is 2. The van der Waals surface area contributed by atoms with Crippen LogP contribution in [0.1, 0.15) is 18.4 Å². The number of halogens is 1. The van der Waals surface area contributed by atoms with Gasteiger partial charge in [0.25, 0.3) is 0 Å². The zero-order valence-electron chi connectivity index (χ0n) is 18.6. The number of H-pyrrole nitrogens is 1. The molecule has 3 aromatic rings. The van der Waals surface area contributed by atoms with Crippen molar-refractivity contribution in [2.24, 2.45) is 0 Å². The quantitative estimate of drug-likeness (QED) is 0.540. The van der Waals surface area contributed by atoms with Gasteiger partial charge in [-0.2, -0.15) is 0 Å². The number of fused-ring (bicyclic) bond motifs is 1. The van der Waals surface area contributed by atoms with E-state index in [0.717, 1.165) is 71.9 Å². The fourth-order valence-corrected chi connectivity index (χ4v) is 6.20. The molecule has 0 atom stereocenters. The van der Waals surface area contributed by atoms with Gasteiger partial charge in [0.2, 0.25) is 0 Å². The second kappa shape index (κ2) is 9.66. The maximum atomic E-state index is 11.7. The van der Waals surface area contributed by atoms with E-state index >= 15 is 0 Å². The van der Waals surface area contributed by atoms with Crippen molar-refractivity contribution >= 4 is 38.0 Å². The number of aromatic nitrogens is 1. The highest BCUT2D eigenvalue weighted by Crippen LogP contribution is 2.33. The third kappa shape index (κ3) is 5.54. The first-order valence-corrected chi connectivity index (χ1v) is 13.8. The molecule has 8 heteroatoms. The van der Waals surface area contributed by atoms with Crippen molar-refractivity contribution in [3.8, 4) is 11.3 Å². The zero-order valence-corrected chi connectivity index (χ0v) is 20.2. The molecule has 2 N–H and O–H groups in total. The lowest BCUT2D eigenvalue weighted by Gasteiger charge is -2.26. The summed E-state index contributed by atoms with van der Waals surface area (Å²) in [6.07, 6.45) is 2.88. The van der Waals surface area contributed by atoms with Gasteiger partial charge < -0.3 is 19.9 Å². The topological polar surface area (TPSA) is 74.4 Å². The number of benzene rings is 2. The lowest BCUT2D eigenvalue weighted by atomic mass is 10.1. The average molecular weight is 488 g/mol. The summed E-state index contributed by atoms with van der Waals surface area (Å²) in [5, 5.41) is 5.47. The molecule has 2 saturated heterocycles. The largest absolute Gasteiger partial charge is 0.381 e. The van der Waals surface area contributed by atoms with Crippen molar-refractivity contribution in [1.29, 1.82) is 0 Å². The molecule has 2 aromatic carbocycles. The summed E-state index contributed by atoms with van der Waals surface area (Å²) < 4.78 is 28.8. The Labute approximate surface area is 200 Å². The molecule has 2 aliphatic rings. The predicted octanol–water partition coefficient (Wildman–Crippen LogP) is 4.35. The van der Waals surface area contributed by atoms with E-state index in [1.165, 1.54) is 5.56 Å². The minimum Gasteiger partial charge on any atom is -0.381 e. The molecule has 2 aliphatic heterocycles. The average Bonchev–Trinajstić information content (AvgIpc) is 3.24. The molecule has 0 bridgehead atoms. The van der Waals surface area contributed by atoms with Gasteiger partial charge in [-0.15, -0.1) is 0 Å². The van der Waals surface area contributed by atoms with Gasteiger partial charge in [-0.1, -0.05) is 29.8 Å². The highest BCUT2D eigenvalue weighted by molar-refractivity contribution is 7.91. The van der Waals surface area contributed by atoms with E-state index in [1.54, 1.807) is 0 Å². The Bertz CT molecular complexity index is 1220. The van der Waals surface area contributed by atoms with Crippen LogP contribution in [0.3, 0.4) is 0 Å². The van der Waals surface area contributed by atoms with Crippen LogP contribution in [0.2, 0.25) is 5.02 Å². The van der Waals surface area contributed by atoms with Gasteiger partial charge in [0.15, 0.2) is 9.84 Å². The second-order valence-corrected chi connectivity index (χ2v) is 11.8. The molecule has 176 valence electrons. The van der Waals surface area contributed by atoms with Crippen molar-refractivity contribution in [2.45, 2.75) is 25.3 Å². The molecule has 33 heavy (non-hydrogen) atoms. The fourth-order valence-electron chi connectivity index (χ4n) is 4.69. The molecule has 0 unspecified atom stereocenters. The van der Waals surface area contributed by atoms with Crippen LogP contribution in [0.25, 0.3) is 22.2 Å². The fraction of sp³-hybridized carbons (Fsp3) is 0.440.